The van der Waals surface area contributed by atoms with E-state index in [9.17, 15) is 26.9 Å². The standard InChI is InChI=1S/C14H18F4N2O3S/c1-7(20-24(23)13(2,3)4)8-5-9(14(16,17)18)11(15)10(6-8)19-12(21)22/h5-7,19-20H,1-4H3,(H,21,22)/t7-,24?/m1/s1. The van der Waals surface area contributed by atoms with Gasteiger partial charge in [0.1, 0.15) is 4.75 Å². The van der Waals surface area contributed by atoms with Gasteiger partial charge in [0.05, 0.1) is 17.3 Å². The van der Waals surface area contributed by atoms with Gasteiger partial charge in [-0.3, -0.25) is 5.32 Å². The SMILES string of the molecule is C[C@@H](N[S+]([O-])C(C)(C)C)c1cc(NC(=O)O)c(F)c(C(F)(F)F)c1. The molecule has 24 heavy (non-hydrogen) atoms. The third-order valence-electron chi connectivity index (χ3n) is 2.98. The number of carbonyl (C=O) groups is 1. The molecule has 1 unspecified atom stereocenters. The number of hydrogen-bond donors (Lipinski definition) is 3. The molecule has 136 valence electrons. The molecular weight excluding hydrogens is 352 g/mol. The molecule has 3 N–H and O–H groups in total. The molecule has 10 heteroatoms. The van der Waals surface area contributed by atoms with E-state index in [1.165, 1.54) is 6.92 Å². The normalized spacial score (nSPS) is 15.0. The molecule has 1 aromatic rings. The summed E-state index contributed by atoms with van der Waals surface area (Å²) in [6.07, 6.45) is -6.70. The van der Waals surface area contributed by atoms with Crippen molar-refractivity contribution in [2.24, 2.45) is 0 Å². The highest BCUT2D eigenvalue weighted by atomic mass is 32.2. The highest BCUT2D eigenvalue weighted by Crippen LogP contribution is 2.36. The Balaban J connectivity index is 3.30. The topological polar surface area (TPSA) is 84.4 Å². The first kappa shape index (κ1) is 20.5. The molecule has 1 amide bonds. The van der Waals surface area contributed by atoms with Crippen molar-refractivity contribution < 1.29 is 32.0 Å². The van der Waals surface area contributed by atoms with Crippen LogP contribution in [-0.2, 0) is 17.5 Å². The number of alkyl halides is 3. The molecule has 0 bridgehead atoms. The fourth-order valence-electron chi connectivity index (χ4n) is 1.71. The number of benzene rings is 1. The zero-order valence-electron chi connectivity index (χ0n) is 13.4. The average molecular weight is 370 g/mol. The van der Waals surface area contributed by atoms with E-state index in [1.807, 2.05) is 0 Å². The number of carboxylic acid groups (broad SMARTS) is 1. The predicted octanol–water partition coefficient (Wildman–Crippen LogP) is 4.05. The van der Waals surface area contributed by atoms with Crippen molar-refractivity contribution in [2.75, 3.05) is 5.32 Å². The highest BCUT2D eigenvalue weighted by molar-refractivity contribution is 7.90. The summed E-state index contributed by atoms with van der Waals surface area (Å²) in [5.74, 6) is -1.71. The summed E-state index contributed by atoms with van der Waals surface area (Å²) in [5.41, 5.74) is -2.47. The minimum absolute atomic E-state index is 0.0509. The van der Waals surface area contributed by atoms with Crippen molar-refractivity contribution in [3.05, 3.63) is 29.1 Å². The van der Waals surface area contributed by atoms with Crippen LogP contribution in [0.25, 0.3) is 0 Å². The van der Waals surface area contributed by atoms with Gasteiger partial charge in [-0.15, -0.1) is 4.72 Å². The Kier molecular flexibility index (Phi) is 6.12. The van der Waals surface area contributed by atoms with E-state index >= 15 is 0 Å². The van der Waals surface area contributed by atoms with E-state index in [0.717, 1.165) is 6.07 Å². The van der Waals surface area contributed by atoms with Crippen LogP contribution in [-0.4, -0.2) is 20.5 Å². The van der Waals surface area contributed by atoms with Gasteiger partial charge in [0, 0.05) is 11.4 Å². The molecule has 0 aliphatic rings. The van der Waals surface area contributed by atoms with E-state index in [1.54, 1.807) is 26.1 Å². The van der Waals surface area contributed by atoms with E-state index in [0.29, 0.717) is 6.07 Å². The first-order chi connectivity index (χ1) is 10.7. The van der Waals surface area contributed by atoms with Crippen molar-refractivity contribution >= 4 is 23.1 Å². The minimum atomic E-state index is -5.00. The summed E-state index contributed by atoms with van der Waals surface area (Å²) in [6.45, 7) is 6.46. The maximum Gasteiger partial charge on any atom is 0.419 e. The summed E-state index contributed by atoms with van der Waals surface area (Å²) in [5, 5.41) is 10.2. The number of hydrogen-bond acceptors (Lipinski definition) is 3. The lowest BCUT2D eigenvalue weighted by molar-refractivity contribution is -0.140. The third kappa shape index (κ3) is 5.25. The van der Waals surface area contributed by atoms with Gasteiger partial charge in [0.15, 0.2) is 5.82 Å². The molecular formula is C14H18F4N2O3S. The Morgan fingerprint density at radius 3 is 2.25 bits per heavy atom. The molecule has 0 aliphatic heterocycles. The largest absolute Gasteiger partial charge is 0.598 e. The number of amides is 1. The minimum Gasteiger partial charge on any atom is -0.598 e. The monoisotopic (exact) mass is 370 g/mol. The lowest BCUT2D eigenvalue weighted by Crippen LogP contribution is -2.40. The van der Waals surface area contributed by atoms with Gasteiger partial charge in [0.25, 0.3) is 0 Å². The average Bonchev–Trinajstić information content (AvgIpc) is 2.37. The maximum absolute atomic E-state index is 13.9. The zero-order valence-corrected chi connectivity index (χ0v) is 14.2. The van der Waals surface area contributed by atoms with Crippen LogP contribution < -0.4 is 10.0 Å². The quantitative estimate of drug-likeness (QED) is 0.551. The summed E-state index contributed by atoms with van der Waals surface area (Å²) < 4.78 is 66.8. The predicted molar refractivity (Wildman–Crippen MR) is 82.5 cm³/mol. The second-order valence-electron chi connectivity index (χ2n) is 6.08. The van der Waals surface area contributed by atoms with Crippen LogP contribution in [0.15, 0.2) is 12.1 Å². The van der Waals surface area contributed by atoms with Crippen molar-refractivity contribution in [3.63, 3.8) is 0 Å². The van der Waals surface area contributed by atoms with E-state index < -0.39 is 51.5 Å². The summed E-state index contributed by atoms with van der Waals surface area (Å²) in [7, 11) is 0. The molecule has 0 fully saturated rings. The second kappa shape index (κ2) is 7.16. The van der Waals surface area contributed by atoms with Gasteiger partial charge in [-0.2, -0.15) is 13.2 Å². The molecule has 0 radical (unpaired) electrons. The molecule has 0 aromatic heterocycles. The number of nitrogens with one attached hydrogen (secondary N) is 2. The van der Waals surface area contributed by atoms with Crippen LogP contribution in [0.4, 0.5) is 28.0 Å². The molecule has 2 atom stereocenters. The maximum atomic E-state index is 13.9. The molecule has 1 rings (SSSR count). The van der Waals surface area contributed by atoms with Crippen LogP contribution in [0.1, 0.15) is 44.9 Å². The smallest absolute Gasteiger partial charge is 0.419 e. The van der Waals surface area contributed by atoms with Gasteiger partial charge in [0.2, 0.25) is 0 Å². The van der Waals surface area contributed by atoms with Crippen LogP contribution in [0.2, 0.25) is 0 Å². The Morgan fingerprint density at radius 1 is 1.29 bits per heavy atom. The Bertz CT molecular complexity index is 617. The molecule has 0 aliphatic carbocycles. The van der Waals surface area contributed by atoms with Gasteiger partial charge in [-0.1, -0.05) is 0 Å². The Morgan fingerprint density at radius 2 is 1.83 bits per heavy atom. The third-order valence-corrected chi connectivity index (χ3v) is 4.66. The molecule has 0 saturated carbocycles. The van der Waals surface area contributed by atoms with E-state index in [2.05, 4.69) is 4.72 Å². The Hall–Kier alpha value is -1.52. The van der Waals surface area contributed by atoms with Gasteiger partial charge in [-0.25, -0.2) is 9.18 Å². The van der Waals surface area contributed by atoms with Crippen molar-refractivity contribution in [1.82, 2.24) is 4.72 Å². The fraction of sp³-hybridized carbons (Fsp3) is 0.500. The zero-order chi connectivity index (χ0) is 18.9. The van der Waals surface area contributed by atoms with Gasteiger partial charge < -0.3 is 9.66 Å². The first-order valence-corrected chi connectivity index (χ1v) is 7.97. The van der Waals surface area contributed by atoms with E-state index in [4.69, 9.17) is 5.11 Å². The molecule has 0 spiro atoms. The fourth-order valence-corrected chi connectivity index (χ4v) is 2.53. The van der Waals surface area contributed by atoms with Crippen LogP contribution >= 0.6 is 0 Å². The van der Waals surface area contributed by atoms with E-state index in [-0.39, 0.29) is 5.56 Å². The summed E-state index contributed by atoms with van der Waals surface area (Å²) in [6, 6.07) is 0.678. The van der Waals surface area contributed by atoms with Crippen LogP contribution in [0.5, 0.6) is 0 Å². The lowest BCUT2D eigenvalue weighted by Gasteiger charge is -2.27. The van der Waals surface area contributed by atoms with Crippen LogP contribution in [0, 0.1) is 5.82 Å². The highest BCUT2D eigenvalue weighted by Gasteiger charge is 2.37. The van der Waals surface area contributed by atoms with Crippen molar-refractivity contribution in [1.29, 1.82) is 0 Å². The van der Waals surface area contributed by atoms with Crippen molar-refractivity contribution in [2.45, 2.75) is 44.7 Å². The summed E-state index contributed by atoms with van der Waals surface area (Å²) in [4.78, 5) is 10.6. The molecule has 1 aromatic carbocycles. The van der Waals surface area contributed by atoms with Gasteiger partial charge >= 0.3 is 12.3 Å². The van der Waals surface area contributed by atoms with Gasteiger partial charge in [-0.05, 0) is 45.4 Å². The molecule has 5 nitrogen and oxygen atoms in total. The second-order valence-corrected chi connectivity index (χ2v) is 8.08. The summed E-state index contributed by atoms with van der Waals surface area (Å²) >= 11 is -1.58. The number of anilines is 1. The van der Waals surface area contributed by atoms with Crippen molar-refractivity contribution in [3.8, 4) is 0 Å². The number of rotatable bonds is 4. The number of halogens is 4. The molecule has 0 heterocycles. The van der Waals surface area contributed by atoms with Crippen LogP contribution in [0.3, 0.4) is 0 Å². The lowest BCUT2D eigenvalue weighted by atomic mass is 10.0. The first-order valence-electron chi connectivity index (χ1n) is 6.82. The molecule has 0 saturated heterocycles. The Labute approximate surface area is 139 Å².